The van der Waals surface area contributed by atoms with E-state index in [9.17, 15) is 9.90 Å². The quantitative estimate of drug-likeness (QED) is 0.474. The third-order valence-electron chi connectivity index (χ3n) is 6.51. The van der Waals surface area contributed by atoms with E-state index < -0.39 is 0 Å². The van der Waals surface area contributed by atoms with Crippen LogP contribution in [0.2, 0.25) is 0 Å². The third-order valence-corrected chi connectivity index (χ3v) is 6.51. The fourth-order valence-electron chi connectivity index (χ4n) is 4.66. The zero-order valence-corrected chi connectivity index (χ0v) is 19.3. The van der Waals surface area contributed by atoms with E-state index in [0.29, 0.717) is 17.3 Å². The Bertz CT molecular complexity index is 1270. The second-order valence-corrected chi connectivity index (χ2v) is 8.81. The van der Waals surface area contributed by atoms with Gasteiger partial charge in [0, 0.05) is 24.8 Å². The van der Waals surface area contributed by atoms with E-state index in [2.05, 4.69) is 34.3 Å². The van der Waals surface area contributed by atoms with Gasteiger partial charge >= 0.3 is 0 Å². The van der Waals surface area contributed by atoms with Crippen molar-refractivity contribution in [2.24, 2.45) is 0 Å². The van der Waals surface area contributed by atoms with Gasteiger partial charge in [0.1, 0.15) is 5.69 Å². The molecule has 6 heteroatoms. The number of nitrogens with zero attached hydrogens (tertiary/aromatic N) is 4. The van der Waals surface area contributed by atoms with Crippen LogP contribution in [0.3, 0.4) is 0 Å². The monoisotopic (exact) mass is 452 g/mol. The van der Waals surface area contributed by atoms with Crippen LogP contribution >= 0.6 is 0 Å². The highest BCUT2D eigenvalue weighted by Gasteiger charge is 2.27. The molecule has 2 aromatic heterocycles. The van der Waals surface area contributed by atoms with Crippen LogP contribution in [0.4, 0.5) is 0 Å². The lowest BCUT2D eigenvalue weighted by molar-refractivity contribution is 0.0703. The normalized spacial score (nSPS) is 14.4. The van der Waals surface area contributed by atoms with Crippen LogP contribution in [-0.4, -0.2) is 43.8 Å². The van der Waals surface area contributed by atoms with Gasteiger partial charge in [-0.1, -0.05) is 48.5 Å². The molecule has 2 aromatic carbocycles. The minimum atomic E-state index is -0.0523. The van der Waals surface area contributed by atoms with Crippen molar-refractivity contribution < 1.29 is 9.90 Å². The molecule has 0 unspecified atom stereocenters. The predicted octanol–water partition coefficient (Wildman–Crippen LogP) is 4.75. The van der Waals surface area contributed by atoms with Crippen LogP contribution in [0.15, 0.2) is 79.0 Å². The first kappa shape index (κ1) is 22.0. The largest absolute Gasteiger partial charge is 0.390 e. The first-order chi connectivity index (χ1) is 16.6. The first-order valence-electron chi connectivity index (χ1n) is 11.7. The van der Waals surface area contributed by atoms with Gasteiger partial charge in [-0.25, -0.2) is 4.68 Å². The Labute approximate surface area is 199 Å². The molecule has 4 aromatic rings. The average Bonchev–Trinajstić information content (AvgIpc) is 3.30. The van der Waals surface area contributed by atoms with Crippen LogP contribution < -0.4 is 0 Å². The SMILES string of the molecule is Cc1cc(C(=O)N2CCC(c3cccc(-c4ccc(CO)nc4)c3)CC2)n(-c2ccccc2)n1. The zero-order valence-electron chi connectivity index (χ0n) is 19.3. The second kappa shape index (κ2) is 9.61. The Kier molecular flexibility index (Phi) is 6.23. The third kappa shape index (κ3) is 4.50. The lowest BCUT2D eigenvalue weighted by Gasteiger charge is -2.32. The van der Waals surface area contributed by atoms with Gasteiger partial charge < -0.3 is 10.0 Å². The molecule has 0 aliphatic carbocycles. The Morgan fingerprint density at radius 1 is 0.971 bits per heavy atom. The molecule has 172 valence electrons. The summed E-state index contributed by atoms with van der Waals surface area (Å²) in [7, 11) is 0. The van der Waals surface area contributed by atoms with Gasteiger partial charge in [0.05, 0.1) is 23.7 Å². The molecular weight excluding hydrogens is 424 g/mol. The topological polar surface area (TPSA) is 71.2 Å². The van der Waals surface area contributed by atoms with Gasteiger partial charge in [0.25, 0.3) is 5.91 Å². The summed E-state index contributed by atoms with van der Waals surface area (Å²) in [6.45, 7) is 3.31. The molecule has 1 saturated heterocycles. The standard InChI is InChI=1S/C28H28N4O2/c1-20-16-27(32(30-20)26-8-3-2-4-9-26)28(34)31-14-12-21(13-15-31)22-6-5-7-23(17-22)24-10-11-25(19-33)29-18-24/h2-11,16-18,21,33H,12-15,19H2,1H3. The van der Waals surface area contributed by atoms with Crippen molar-refractivity contribution in [2.45, 2.75) is 32.3 Å². The summed E-state index contributed by atoms with van der Waals surface area (Å²) in [5, 5.41) is 13.8. The highest BCUT2D eigenvalue weighted by Crippen LogP contribution is 2.31. The van der Waals surface area contributed by atoms with Gasteiger partial charge in [-0.05, 0) is 61.1 Å². The number of aromatic nitrogens is 3. The lowest BCUT2D eigenvalue weighted by atomic mass is 9.88. The van der Waals surface area contributed by atoms with Crippen LogP contribution in [0.1, 0.15) is 46.2 Å². The maximum absolute atomic E-state index is 13.4. The summed E-state index contributed by atoms with van der Waals surface area (Å²) in [6.07, 6.45) is 3.66. The lowest BCUT2D eigenvalue weighted by Crippen LogP contribution is -2.38. The number of para-hydroxylation sites is 1. The van der Waals surface area contributed by atoms with Crippen molar-refractivity contribution in [3.63, 3.8) is 0 Å². The molecule has 0 radical (unpaired) electrons. The number of hydrogen-bond donors (Lipinski definition) is 1. The Balaban J connectivity index is 1.29. The van der Waals surface area contributed by atoms with Crippen molar-refractivity contribution in [3.8, 4) is 16.8 Å². The number of aliphatic hydroxyl groups is 1. The van der Waals surface area contributed by atoms with Gasteiger partial charge in [-0.3, -0.25) is 9.78 Å². The van der Waals surface area contributed by atoms with E-state index in [4.69, 9.17) is 0 Å². The number of carbonyl (C=O) groups excluding carboxylic acids is 1. The molecule has 0 atom stereocenters. The molecule has 3 heterocycles. The molecule has 0 spiro atoms. The van der Waals surface area contributed by atoms with Crippen molar-refractivity contribution >= 4 is 5.91 Å². The number of likely N-dealkylation sites (tertiary alicyclic amines) is 1. The average molecular weight is 453 g/mol. The van der Waals surface area contributed by atoms with E-state index in [1.165, 1.54) is 5.56 Å². The number of piperidine rings is 1. The van der Waals surface area contributed by atoms with Gasteiger partial charge in [-0.15, -0.1) is 0 Å². The number of aryl methyl sites for hydroxylation is 1. The van der Waals surface area contributed by atoms with Gasteiger partial charge in [-0.2, -0.15) is 5.10 Å². The van der Waals surface area contributed by atoms with E-state index >= 15 is 0 Å². The summed E-state index contributed by atoms with van der Waals surface area (Å²) < 4.78 is 1.75. The number of amides is 1. The summed E-state index contributed by atoms with van der Waals surface area (Å²) in [5.41, 5.74) is 6.46. The molecule has 1 amide bonds. The van der Waals surface area contributed by atoms with Crippen molar-refractivity contribution in [2.75, 3.05) is 13.1 Å². The van der Waals surface area contributed by atoms with Crippen molar-refractivity contribution in [1.29, 1.82) is 0 Å². The number of rotatable bonds is 5. The van der Waals surface area contributed by atoms with Crippen molar-refractivity contribution in [3.05, 3.63) is 102 Å². The zero-order chi connectivity index (χ0) is 23.5. The summed E-state index contributed by atoms with van der Waals surface area (Å²) in [4.78, 5) is 19.6. The number of carbonyl (C=O) groups is 1. The minimum Gasteiger partial charge on any atom is -0.390 e. The highest BCUT2D eigenvalue weighted by atomic mass is 16.3. The maximum atomic E-state index is 13.4. The Morgan fingerprint density at radius 3 is 2.47 bits per heavy atom. The van der Waals surface area contributed by atoms with E-state index in [-0.39, 0.29) is 12.5 Å². The summed E-state index contributed by atoms with van der Waals surface area (Å²) >= 11 is 0. The van der Waals surface area contributed by atoms with E-state index in [0.717, 1.165) is 48.4 Å². The molecule has 6 nitrogen and oxygen atoms in total. The molecule has 34 heavy (non-hydrogen) atoms. The molecule has 0 bridgehead atoms. The number of hydrogen-bond acceptors (Lipinski definition) is 4. The molecular formula is C28H28N4O2. The van der Waals surface area contributed by atoms with E-state index in [1.807, 2.05) is 66.6 Å². The Hall–Kier alpha value is -3.77. The molecule has 0 saturated carbocycles. The molecule has 1 aliphatic rings. The van der Waals surface area contributed by atoms with Gasteiger partial charge in [0.15, 0.2) is 0 Å². The highest BCUT2D eigenvalue weighted by molar-refractivity contribution is 5.93. The number of aliphatic hydroxyl groups excluding tert-OH is 1. The first-order valence-corrected chi connectivity index (χ1v) is 11.7. The van der Waals surface area contributed by atoms with Crippen LogP contribution in [-0.2, 0) is 6.61 Å². The minimum absolute atomic E-state index is 0.0340. The fourth-order valence-corrected chi connectivity index (χ4v) is 4.66. The summed E-state index contributed by atoms with van der Waals surface area (Å²) in [6, 6.07) is 24.1. The van der Waals surface area contributed by atoms with Crippen LogP contribution in [0.5, 0.6) is 0 Å². The van der Waals surface area contributed by atoms with Crippen molar-refractivity contribution in [1.82, 2.24) is 19.7 Å². The number of benzene rings is 2. The summed E-state index contributed by atoms with van der Waals surface area (Å²) in [5.74, 6) is 0.446. The van der Waals surface area contributed by atoms with Crippen LogP contribution in [0, 0.1) is 6.92 Å². The Morgan fingerprint density at radius 2 is 1.76 bits per heavy atom. The second-order valence-electron chi connectivity index (χ2n) is 8.81. The van der Waals surface area contributed by atoms with Gasteiger partial charge in [0.2, 0.25) is 0 Å². The molecule has 1 aliphatic heterocycles. The van der Waals surface area contributed by atoms with Crippen LogP contribution in [0.25, 0.3) is 16.8 Å². The smallest absolute Gasteiger partial charge is 0.272 e. The molecule has 1 N–H and O–H groups in total. The molecule has 5 rings (SSSR count). The molecule has 1 fully saturated rings. The predicted molar refractivity (Wildman–Crippen MR) is 132 cm³/mol. The maximum Gasteiger partial charge on any atom is 0.272 e. The van der Waals surface area contributed by atoms with E-state index in [1.54, 1.807) is 4.68 Å². The fraction of sp³-hybridized carbons (Fsp3) is 0.250. The number of pyridine rings is 1.